The van der Waals surface area contributed by atoms with Crippen LogP contribution >= 0.6 is 0 Å². The Bertz CT molecular complexity index is 1790. The molecule has 11 heteroatoms. The van der Waals surface area contributed by atoms with E-state index in [4.69, 9.17) is 0 Å². The number of hydrogen-bond donors (Lipinski definition) is 4. The molecular formula is C33H34N8O3. The van der Waals surface area contributed by atoms with Crippen LogP contribution in [0.4, 0.5) is 4.79 Å². The van der Waals surface area contributed by atoms with Gasteiger partial charge in [-0.15, -0.1) is 30.0 Å². The number of phenolic OH excluding ortho intramolecular Hbond substituents is 2. The second kappa shape index (κ2) is 11.7. The molecule has 0 spiro atoms. The lowest BCUT2D eigenvalue weighted by molar-refractivity contribution is 0.240. The molecular weight excluding hydrogens is 556 g/mol. The fourth-order valence-corrected chi connectivity index (χ4v) is 4.99. The standard InChI is InChI=1S/C33H34N8O3/c1-19(2)21-13-23(31(42)29(15-21)40-36-25-9-5-6-10-26(25)37-40)17-34-33(44)35-18-24-14-22(20(3)4)16-30(32(24)43)41-38-27-11-7-8-12-28(27)39-41/h5-16,19-20,42-43H,17-18H2,1-4H3,(H2,34,35,44). The molecule has 0 saturated carbocycles. The highest BCUT2D eigenvalue weighted by Gasteiger charge is 2.19. The molecule has 2 heterocycles. The monoisotopic (exact) mass is 590 g/mol. The lowest BCUT2D eigenvalue weighted by atomic mass is 9.99. The number of nitrogens with one attached hydrogen (secondary N) is 2. The Morgan fingerprint density at radius 1 is 0.636 bits per heavy atom. The van der Waals surface area contributed by atoms with Gasteiger partial charge in [-0.05, 0) is 71.5 Å². The zero-order valence-electron chi connectivity index (χ0n) is 25.0. The van der Waals surface area contributed by atoms with Gasteiger partial charge in [-0.3, -0.25) is 0 Å². The number of nitrogens with zero attached hydrogens (tertiary/aromatic N) is 6. The summed E-state index contributed by atoms with van der Waals surface area (Å²) in [6.45, 7) is 8.36. The lowest BCUT2D eigenvalue weighted by Crippen LogP contribution is -2.34. The Morgan fingerprint density at radius 2 is 0.977 bits per heavy atom. The number of hydrogen-bond acceptors (Lipinski definition) is 7. The van der Waals surface area contributed by atoms with E-state index in [1.165, 1.54) is 9.59 Å². The maximum atomic E-state index is 12.9. The highest BCUT2D eigenvalue weighted by atomic mass is 16.3. The zero-order valence-corrected chi connectivity index (χ0v) is 25.0. The lowest BCUT2D eigenvalue weighted by Gasteiger charge is -2.16. The number of urea groups is 1. The summed E-state index contributed by atoms with van der Waals surface area (Å²) >= 11 is 0. The number of phenols is 2. The summed E-state index contributed by atoms with van der Waals surface area (Å²) in [6.07, 6.45) is 0. The average molecular weight is 591 g/mol. The summed E-state index contributed by atoms with van der Waals surface area (Å²) in [5.74, 6) is 0.306. The number of carbonyl (C=O) groups excluding carboxylic acids is 1. The third-order valence-corrected chi connectivity index (χ3v) is 7.60. The molecule has 6 rings (SSSR count). The van der Waals surface area contributed by atoms with Gasteiger partial charge in [-0.2, -0.15) is 0 Å². The van der Waals surface area contributed by atoms with Crippen molar-refractivity contribution in [1.82, 2.24) is 40.6 Å². The van der Waals surface area contributed by atoms with Gasteiger partial charge in [0.1, 0.15) is 44.9 Å². The van der Waals surface area contributed by atoms with E-state index in [2.05, 4.69) is 58.7 Å². The molecule has 0 radical (unpaired) electrons. The molecule has 4 aromatic carbocycles. The summed E-state index contributed by atoms with van der Waals surface area (Å²) in [4.78, 5) is 15.8. The summed E-state index contributed by atoms with van der Waals surface area (Å²) in [5, 5.41) is 46.1. The number of amides is 2. The van der Waals surface area contributed by atoms with Gasteiger partial charge < -0.3 is 20.8 Å². The maximum Gasteiger partial charge on any atom is 0.315 e. The Labute approximate surface area is 254 Å². The summed E-state index contributed by atoms with van der Waals surface area (Å²) in [7, 11) is 0. The van der Waals surface area contributed by atoms with Gasteiger partial charge in [-0.1, -0.05) is 52.0 Å². The molecule has 0 aliphatic carbocycles. The number of rotatable bonds is 8. The van der Waals surface area contributed by atoms with Gasteiger partial charge in [0.25, 0.3) is 0 Å². The molecule has 2 amide bonds. The molecule has 0 aliphatic rings. The van der Waals surface area contributed by atoms with E-state index in [1.54, 1.807) is 0 Å². The summed E-state index contributed by atoms with van der Waals surface area (Å²) < 4.78 is 0. The largest absolute Gasteiger partial charge is 0.505 e. The van der Waals surface area contributed by atoms with Crippen molar-refractivity contribution >= 4 is 28.1 Å². The first-order valence-electron chi connectivity index (χ1n) is 14.6. The van der Waals surface area contributed by atoms with Crippen LogP contribution in [-0.4, -0.2) is 46.2 Å². The second-order valence-electron chi connectivity index (χ2n) is 11.4. The van der Waals surface area contributed by atoms with Gasteiger partial charge in [0.05, 0.1) is 0 Å². The van der Waals surface area contributed by atoms with Crippen LogP contribution in [0.15, 0.2) is 72.8 Å². The molecule has 44 heavy (non-hydrogen) atoms. The van der Waals surface area contributed by atoms with Crippen molar-refractivity contribution < 1.29 is 15.0 Å². The van der Waals surface area contributed by atoms with E-state index < -0.39 is 6.03 Å². The van der Waals surface area contributed by atoms with Crippen molar-refractivity contribution in [3.05, 3.63) is 95.1 Å². The second-order valence-corrected chi connectivity index (χ2v) is 11.4. The van der Waals surface area contributed by atoms with E-state index in [1.807, 2.05) is 72.8 Å². The third-order valence-electron chi connectivity index (χ3n) is 7.60. The van der Waals surface area contributed by atoms with E-state index in [9.17, 15) is 15.0 Å². The van der Waals surface area contributed by atoms with Crippen LogP contribution in [0.1, 0.15) is 61.8 Å². The summed E-state index contributed by atoms with van der Waals surface area (Å²) in [6, 6.07) is 22.0. The van der Waals surface area contributed by atoms with E-state index in [-0.39, 0.29) is 36.4 Å². The molecule has 224 valence electrons. The first kappa shape index (κ1) is 28.7. The van der Waals surface area contributed by atoms with Crippen LogP contribution in [0.25, 0.3) is 33.4 Å². The SMILES string of the molecule is CC(C)c1cc(CNC(=O)NCc2cc(C(C)C)cc(-n3nc4ccccc4n3)c2O)c(O)c(-n2nc3ccccc3n2)c1. The molecule has 0 fully saturated rings. The molecule has 0 unspecified atom stereocenters. The van der Waals surface area contributed by atoms with Crippen molar-refractivity contribution in [2.45, 2.75) is 52.6 Å². The van der Waals surface area contributed by atoms with Crippen LogP contribution in [-0.2, 0) is 13.1 Å². The topological polar surface area (TPSA) is 143 Å². The number of benzene rings is 4. The molecule has 0 bridgehead atoms. The number of aromatic hydroxyl groups is 2. The van der Waals surface area contributed by atoms with Crippen molar-refractivity contribution in [2.24, 2.45) is 0 Å². The Kier molecular flexibility index (Phi) is 7.60. The van der Waals surface area contributed by atoms with E-state index in [0.29, 0.717) is 44.6 Å². The van der Waals surface area contributed by atoms with E-state index in [0.717, 1.165) is 11.1 Å². The van der Waals surface area contributed by atoms with Crippen molar-refractivity contribution in [1.29, 1.82) is 0 Å². The van der Waals surface area contributed by atoms with Gasteiger partial charge in [0.15, 0.2) is 0 Å². The molecule has 2 aromatic heterocycles. The normalized spacial score (nSPS) is 11.6. The number of carbonyl (C=O) groups is 1. The minimum absolute atomic E-state index is 0.0129. The number of fused-ring (bicyclic) bond motifs is 2. The van der Waals surface area contributed by atoms with Gasteiger partial charge in [0, 0.05) is 24.2 Å². The van der Waals surface area contributed by atoms with Gasteiger partial charge >= 0.3 is 6.03 Å². The predicted octanol–water partition coefficient (Wildman–Crippen LogP) is 5.81. The maximum absolute atomic E-state index is 12.9. The minimum Gasteiger partial charge on any atom is -0.505 e. The predicted molar refractivity (Wildman–Crippen MR) is 168 cm³/mol. The molecule has 0 aliphatic heterocycles. The Morgan fingerprint density at radius 3 is 1.30 bits per heavy atom. The molecule has 0 atom stereocenters. The van der Waals surface area contributed by atoms with Crippen molar-refractivity contribution in [3.8, 4) is 22.9 Å². The average Bonchev–Trinajstić information content (AvgIpc) is 3.64. The third kappa shape index (κ3) is 5.63. The van der Waals surface area contributed by atoms with Gasteiger partial charge in [0.2, 0.25) is 0 Å². The van der Waals surface area contributed by atoms with Crippen LogP contribution < -0.4 is 10.6 Å². The highest BCUT2D eigenvalue weighted by molar-refractivity contribution is 5.76. The van der Waals surface area contributed by atoms with Crippen LogP contribution in [0.5, 0.6) is 11.5 Å². The van der Waals surface area contributed by atoms with Crippen LogP contribution in [0, 0.1) is 0 Å². The first-order chi connectivity index (χ1) is 21.2. The molecule has 11 nitrogen and oxygen atoms in total. The zero-order chi connectivity index (χ0) is 31.0. The van der Waals surface area contributed by atoms with Crippen LogP contribution in [0.3, 0.4) is 0 Å². The molecule has 4 N–H and O–H groups in total. The highest BCUT2D eigenvalue weighted by Crippen LogP contribution is 2.32. The fourth-order valence-electron chi connectivity index (χ4n) is 4.99. The smallest absolute Gasteiger partial charge is 0.315 e. The fraction of sp³-hybridized carbons (Fsp3) is 0.242. The minimum atomic E-state index is -0.456. The van der Waals surface area contributed by atoms with E-state index >= 15 is 0 Å². The number of aromatic nitrogens is 6. The van der Waals surface area contributed by atoms with Crippen LogP contribution in [0.2, 0.25) is 0 Å². The first-order valence-corrected chi connectivity index (χ1v) is 14.6. The Hall–Kier alpha value is -5.45. The Balaban J connectivity index is 1.21. The quantitative estimate of drug-likeness (QED) is 0.175. The van der Waals surface area contributed by atoms with Crippen molar-refractivity contribution in [2.75, 3.05) is 0 Å². The molecule has 0 saturated heterocycles. The summed E-state index contributed by atoms with van der Waals surface area (Å²) in [5.41, 5.74) is 6.74. The van der Waals surface area contributed by atoms with Gasteiger partial charge in [-0.25, -0.2) is 4.79 Å². The van der Waals surface area contributed by atoms with Crippen molar-refractivity contribution in [3.63, 3.8) is 0 Å². The molecule has 6 aromatic rings.